The minimum atomic E-state index is -4.09. The molecule has 0 unspecified atom stereocenters. The Kier molecular flexibility index (Phi) is 25.0. The Morgan fingerprint density at radius 1 is 0.579 bits per heavy atom. The van der Waals surface area contributed by atoms with E-state index in [2.05, 4.69) is 16.0 Å². The Morgan fingerprint density at radius 3 is 1.41 bits per heavy atom. The van der Waals surface area contributed by atoms with Gasteiger partial charge in [0.1, 0.15) is 42.5 Å². The number of carbonyl (C=O) groups is 3. The minimum Gasteiger partial charge on any atom is -0.492 e. The first-order chi connectivity index (χ1) is 45.3. The van der Waals surface area contributed by atoms with E-state index in [9.17, 15) is 41.4 Å². The number of rotatable bonds is 29. The van der Waals surface area contributed by atoms with Crippen LogP contribution in [0.25, 0.3) is 0 Å². The van der Waals surface area contributed by atoms with Crippen LogP contribution in [0.5, 0.6) is 34.5 Å². The lowest BCUT2D eigenvalue weighted by Gasteiger charge is -2.31. The highest BCUT2D eigenvalue weighted by Crippen LogP contribution is 2.38. The van der Waals surface area contributed by atoms with Crippen molar-refractivity contribution in [2.75, 3.05) is 92.5 Å². The van der Waals surface area contributed by atoms with Crippen LogP contribution in [-0.2, 0) is 66.0 Å². The maximum Gasteiger partial charge on any atom is 0.407 e. The summed E-state index contributed by atoms with van der Waals surface area (Å²) in [7, 11) is -8.15. The predicted octanol–water partition coefficient (Wildman–Crippen LogP) is 5.28. The van der Waals surface area contributed by atoms with Crippen molar-refractivity contribution in [3.8, 4) is 34.5 Å². The van der Waals surface area contributed by atoms with Gasteiger partial charge in [-0.05, 0) is 118 Å². The van der Waals surface area contributed by atoms with E-state index >= 15 is 0 Å². The Balaban J connectivity index is 0.000000226. The third-order valence-electron chi connectivity index (χ3n) is 16.1. The summed E-state index contributed by atoms with van der Waals surface area (Å²) in [4.78, 5) is 38.3. The van der Waals surface area contributed by atoms with Crippen molar-refractivity contribution in [3.63, 3.8) is 0 Å². The predicted molar refractivity (Wildman–Crippen MR) is 341 cm³/mol. The molecule has 0 radical (unpaired) electrons. The lowest BCUT2D eigenvalue weighted by Crippen LogP contribution is -2.51. The Bertz CT molecular complexity index is 3420. The molecular formula is C65H90N6O22S2. The van der Waals surface area contributed by atoms with Gasteiger partial charge in [0.15, 0.2) is 35.6 Å². The number of aliphatic hydroxyl groups excluding tert-OH is 2. The van der Waals surface area contributed by atoms with Gasteiger partial charge in [-0.25, -0.2) is 31.2 Å². The molecule has 0 aliphatic carbocycles. The first-order valence-electron chi connectivity index (χ1n) is 32.0. The summed E-state index contributed by atoms with van der Waals surface area (Å²) in [5, 5.41) is 31.4. The van der Waals surface area contributed by atoms with Gasteiger partial charge >= 0.3 is 18.3 Å². The molecule has 4 fully saturated rings. The fourth-order valence-electron chi connectivity index (χ4n) is 11.5. The van der Waals surface area contributed by atoms with E-state index in [-0.39, 0.29) is 119 Å². The number of carbonyl (C=O) groups excluding carboxylic acids is 3. The number of amides is 3. The van der Waals surface area contributed by atoms with Crippen molar-refractivity contribution in [1.82, 2.24) is 24.6 Å². The minimum absolute atomic E-state index is 0.00345. The summed E-state index contributed by atoms with van der Waals surface area (Å²) in [6.45, 7) is 15.2. The summed E-state index contributed by atoms with van der Waals surface area (Å²) in [5.74, 6) is 2.48. The molecule has 6 aliphatic rings. The summed E-state index contributed by atoms with van der Waals surface area (Å²) in [5.41, 5.74) is 6.44. The molecule has 3 amide bonds. The largest absolute Gasteiger partial charge is 0.492 e. The van der Waals surface area contributed by atoms with E-state index in [4.69, 9.17) is 67.3 Å². The molecular weight excluding hydrogens is 1280 g/mol. The summed E-state index contributed by atoms with van der Waals surface area (Å²) in [6.07, 6.45) is -4.69. The SMILES string of the molecule is CC(C)CN(C[C@@H](O)[C@H](Cc1ccc(OCCN)cc1)NC(=O)O[C@H]1CO[C@H]2OCC[C@H]21)S(=O)(=O)c1ccc2c(c1)OCO2.CC(C)CN(C[C@@H](O)[C@H](Cc1ccc(OCCNC(=O)OC(C)(C)C)cc1)NC(=O)O[C@H]1CO[C@H]2OCC[C@H]21)S(=O)(=O)c1ccc2c(c1)OCO2. The summed E-state index contributed by atoms with van der Waals surface area (Å²) in [6, 6.07) is 21.2. The molecule has 7 N–H and O–H groups in total. The maximum atomic E-state index is 13.9. The van der Waals surface area contributed by atoms with Gasteiger partial charge in [-0.2, -0.15) is 8.61 Å². The number of nitrogens with zero attached hydrogens (tertiary/aromatic N) is 2. The topological polar surface area (TPSA) is 349 Å². The lowest BCUT2D eigenvalue weighted by molar-refractivity contribution is -0.0909. The highest BCUT2D eigenvalue weighted by molar-refractivity contribution is 7.89. The van der Waals surface area contributed by atoms with Gasteiger partial charge in [-0.3, -0.25) is 0 Å². The normalized spacial score (nSPS) is 21.5. The zero-order chi connectivity index (χ0) is 68.0. The molecule has 524 valence electrons. The van der Waals surface area contributed by atoms with Crippen LogP contribution in [0.2, 0.25) is 0 Å². The third-order valence-corrected chi connectivity index (χ3v) is 19.7. The first kappa shape index (κ1) is 72.3. The van der Waals surface area contributed by atoms with Gasteiger partial charge in [0.05, 0.1) is 78.9 Å². The number of ether oxygens (including phenoxy) is 13. The summed E-state index contributed by atoms with van der Waals surface area (Å²) < 4.78 is 130. The molecule has 4 aromatic rings. The molecule has 4 aromatic carbocycles. The molecule has 10 atom stereocenters. The van der Waals surface area contributed by atoms with E-state index in [1.54, 1.807) is 63.2 Å². The number of nitrogens with two attached hydrogens (primary N) is 1. The van der Waals surface area contributed by atoms with Gasteiger partial charge in [-0.15, -0.1) is 0 Å². The van der Waals surface area contributed by atoms with Crippen LogP contribution in [0.1, 0.15) is 72.4 Å². The number of hydrogen-bond acceptors (Lipinski definition) is 23. The number of alkyl carbamates (subject to hydrolysis) is 3. The van der Waals surface area contributed by atoms with Crippen LogP contribution < -0.4 is 50.1 Å². The highest BCUT2D eigenvalue weighted by atomic mass is 32.2. The Hall–Kier alpha value is -6.97. The molecule has 10 rings (SSSR count). The second-order valence-electron chi connectivity index (χ2n) is 25.6. The number of fused-ring (bicyclic) bond motifs is 4. The molecule has 0 bridgehead atoms. The van der Waals surface area contributed by atoms with Crippen LogP contribution >= 0.6 is 0 Å². The zero-order valence-corrected chi connectivity index (χ0v) is 56.2. The van der Waals surface area contributed by atoms with Crippen molar-refractivity contribution in [3.05, 3.63) is 96.1 Å². The van der Waals surface area contributed by atoms with E-state index in [0.717, 1.165) is 17.5 Å². The average Bonchev–Trinajstić information content (AvgIpc) is 1.46. The molecule has 0 saturated carbocycles. The smallest absolute Gasteiger partial charge is 0.407 e. The van der Waals surface area contributed by atoms with Crippen molar-refractivity contribution in [2.24, 2.45) is 29.4 Å². The van der Waals surface area contributed by atoms with Gasteiger partial charge < -0.3 is 93.5 Å². The van der Waals surface area contributed by atoms with Gasteiger partial charge in [0.25, 0.3) is 0 Å². The van der Waals surface area contributed by atoms with E-state index < -0.39 is 86.7 Å². The van der Waals surface area contributed by atoms with Crippen LogP contribution in [0.3, 0.4) is 0 Å². The second kappa shape index (κ2) is 32.8. The molecule has 6 heterocycles. The second-order valence-corrected chi connectivity index (χ2v) is 29.5. The van der Waals surface area contributed by atoms with E-state index in [1.807, 2.05) is 39.8 Å². The van der Waals surface area contributed by atoms with Gasteiger partial charge in [0, 0.05) is 44.9 Å². The van der Waals surface area contributed by atoms with Gasteiger partial charge in [0.2, 0.25) is 33.6 Å². The van der Waals surface area contributed by atoms with Gasteiger partial charge in [-0.1, -0.05) is 52.0 Å². The standard InChI is InChI=1S/C35H49N3O12S.C30H41N3O10S/c1-22(2)18-38(51(42,43)25-10-11-29-30(17-25)48-21-47-29)19-28(39)27(37-34(41)49-31-20-46-32-26(31)12-14-45-32)16-23-6-8-24(9-7-23)44-15-13-36-33(40)50-35(3,4)5;1-19(2)15-33(44(36,37)22-7-8-26-27(14-22)42-18-41-26)16-25(34)24(13-20-3-5-21(6-4-20)38-12-10-31)32-30(35)43-28-17-40-29-23(28)9-11-39-29/h6-11,17,22,26-28,31-32,39H,12-16,18-21H2,1-5H3,(H,36,40)(H,37,41);3-8,14,19,23-25,28-29,34H,9-13,15-18,31H2,1-2H3,(H,32,35)/t26-,27-,28+,31-,32+;23-,24-,25+,28-,29+/m00/s1. The lowest BCUT2D eigenvalue weighted by atomic mass is 10.0. The Morgan fingerprint density at radius 2 is 1.00 bits per heavy atom. The molecule has 4 saturated heterocycles. The van der Waals surface area contributed by atoms with E-state index in [1.165, 1.54) is 38.9 Å². The molecule has 95 heavy (non-hydrogen) atoms. The van der Waals surface area contributed by atoms with E-state index in [0.29, 0.717) is 67.3 Å². The molecule has 0 spiro atoms. The molecule has 0 aromatic heterocycles. The fraction of sp³-hybridized carbons (Fsp3) is 0.585. The number of nitrogens with one attached hydrogen (secondary N) is 3. The fourth-order valence-corrected chi connectivity index (χ4v) is 14.7. The quantitative estimate of drug-likeness (QED) is 0.0297. The molecule has 28 nitrogen and oxygen atoms in total. The van der Waals surface area contributed by atoms with Crippen LogP contribution in [0.4, 0.5) is 14.4 Å². The zero-order valence-electron chi connectivity index (χ0n) is 54.6. The number of aliphatic hydroxyl groups is 2. The molecule has 6 aliphatic heterocycles. The van der Waals surface area contributed by atoms with Crippen LogP contribution in [-0.4, -0.2) is 201 Å². The number of benzene rings is 4. The van der Waals surface area contributed by atoms with Crippen LogP contribution in [0.15, 0.2) is 94.7 Å². The van der Waals surface area contributed by atoms with Crippen molar-refractivity contribution >= 4 is 38.3 Å². The summed E-state index contributed by atoms with van der Waals surface area (Å²) >= 11 is 0. The highest BCUT2D eigenvalue weighted by Gasteiger charge is 2.46. The maximum absolute atomic E-state index is 13.9. The van der Waals surface area contributed by atoms with Crippen molar-refractivity contribution in [1.29, 1.82) is 0 Å². The van der Waals surface area contributed by atoms with Crippen molar-refractivity contribution < 1.29 is 103 Å². The number of hydrogen-bond donors (Lipinski definition) is 6. The van der Waals surface area contributed by atoms with Crippen molar-refractivity contribution in [2.45, 2.75) is 139 Å². The third kappa shape index (κ3) is 20.1. The monoisotopic (exact) mass is 1370 g/mol. The average molecular weight is 1370 g/mol. The Labute approximate surface area is 554 Å². The first-order valence-corrected chi connectivity index (χ1v) is 34.9. The van der Waals surface area contributed by atoms with Crippen LogP contribution in [0, 0.1) is 23.7 Å². The molecule has 30 heteroatoms. The number of sulfonamides is 2.